The Kier molecular flexibility index (Phi) is 6.08. The number of hydrogen-bond donors (Lipinski definition) is 0. The molecule has 0 fully saturated rings. The van der Waals surface area contributed by atoms with E-state index in [-0.39, 0.29) is 4.90 Å². The molecule has 2 atom stereocenters. The van der Waals surface area contributed by atoms with Crippen LogP contribution in [0.5, 0.6) is 0 Å². The fourth-order valence-corrected chi connectivity index (χ4v) is 4.26. The van der Waals surface area contributed by atoms with E-state index in [9.17, 15) is 8.42 Å². The summed E-state index contributed by atoms with van der Waals surface area (Å²) < 4.78 is 29.7. The third-order valence-corrected chi connectivity index (χ3v) is 6.37. The van der Waals surface area contributed by atoms with Crippen LogP contribution >= 0.6 is 11.6 Å². The molecule has 0 radical (unpaired) electrons. The maximum absolute atomic E-state index is 12.7. The van der Waals surface area contributed by atoms with Crippen LogP contribution in [-0.2, 0) is 14.6 Å². The Balaban J connectivity index is 2.35. The number of benzene rings is 1. The molecular weight excluding hydrogens is 362 g/mol. The summed E-state index contributed by atoms with van der Waals surface area (Å²) in [6.07, 6.45) is 4.45. The number of allylic oxidation sites excluding steroid dienone is 1. The third kappa shape index (κ3) is 3.96. The maximum atomic E-state index is 12.7. The number of alkyl halides is 1. The quantitative estimate of drug-likeness (QED) is 0.707. The molecule has 1 aromatic rings. The molecule has 1 aromatic carbocycles. The largest absolute Gasteiger partial charge is 0.496 e. The summed E-state index contributed by atoms with van der Waals surface area (Å²) in [4.78, 5) is 1.48. The lowest BCUT2D eigenvalue weighted by Gasteiger charge is -2.29. The SMILES string of the molecule is CCOC1=CN(C(C#N)C#N)C=CC1C(Cl)S(=O)(=O)c1ccccc1. The molecule has 0 saturated heterocycles. The molecule has 6 nitrogen and oxygen atoms in total. The Labute approximate surface area is 152 Å². The first-order valence-corrected chi connectivity index (χ1v) is 9.46. The smallest absolute Gasteiger partial charge is 0.208 e. The van der Waals surface area contributed by atoms with Crippen LogP contribution in [0.15, 0.2) is 59.5 Å². The number of halogens is 1. The molecule has 2 unspecified atom stereocenters. The summed E-state index contributed by atoms with van der Waals surface area (Å²) in [6.45, 7) is 2.05. The molecule has 130 valence electrons. The fraction of sp³-hybridized carbons (Fsp3) is 0.294. The van der Waals surface area contributed by atoms with Crippen LogP contribution in [0.1, 0.15) is 6.92 Å². The maximum Gasteiger partial charge on any atom is 0.208 e. The van der Waals surface area contributed by atoms with Crippen molar-refractivity contribution in [2.24, 2.45) is 5.92 Å². The summed E-state index contributed by atoms with van der Waals surface area (Å²) in [5.74, 6) is -0.443. The summed E-state index contributed by atoms with van der Waals surface area (Å²) in [5.41, 5.74) is 0. The predicted octanol–water partition coefficient (Wildman–Crippen LogP) is 2.76. The van der Waals surface area contributed by atoms with Crippen LogP contribution in [0.4, 0.5) is 0 Å². The van der Waals surface area contributed by atoms with E-state index in [0.717, 1.165) is 0 Å². The third-order valence-electron chi connectivity index (χ3n) is 3.57. The van der Waals surface area contributed by atoms with Gasteiger partial charge in [0, 0.05) is 12.4 Å². The molecule has 0 bridgehead atoms. The average Bonchev–Trinajstić information content (AvgIpc) is 2.63. The van der Waals surface area contributed by atoms with Crippen LogP contribution in [0.25, 0.3) is 0 Å². The van der Waals surface area contributed by atoms with Gasteiger partial charge in [0.15, 0.2) is 14.5 Å². The summed E-state index contributed by atoms with van der Waals surface area (Å²) >= 11 is 6.30. The van der Waals surface area contributed by atoms with Gasteiger partial charge in [-0.05, 0) is 19.1 Å². The Morgan fingerprint density at radius 1 is 1.28 bits per heavy atom. The van der Waals surface area contributed by atoms with Gasteiger partial charge in [0.1, 0.15) is 17.9 Å². The zero-order valence-electron chi connectivity index (χ0n) is 13.4. The molecule has 1 heterocycles. The minimum Gasteiger partial charge on any atom is -0.496 e. The lowest BCUT2D eigenvalue weighted by Crippen LogP contribution is -2.32. The minimum atomic E-state index is -3.79. The second-order valence-electron chi connectivity index (χ2n) is 5.15. The number of ether oxygens (including phenoxy) is 1. The Bertz CT molecular complexity index is 839. The number of nitrogens with zero attached hydrogens (tertiary/aromatic N) is 3. The van der Waals surface area contributed by atoms with Crippen molar-refractivity contribution in [3.63, 3.8) is 0 Å². The highest BCUT2D eigenvalue weighted by Crippen LogP contribution is 2.33. The highest BCUT2D eigenvalue weighted by Gasteiger charge is 2.37. The summed E-state index contributed by atoms with van der Waals surface area (Å²) in [7, 11) is -3.79. The topological polar surface area (TPSA) is 94.2 Å². The van der Waals surface area contributed by atoms with Gasteiger partial charge < -0.3 is 9.64 Å². The first kappa shape index (κ1) is 18.9. The Hall–Kier alpha value is -2.48. The van der Waals surface area contributed by atoms with E-state index in [1.807, 2.05) is 12.1 Å². The van der Waals surface area contributed by atoms with E-state index in [0.29, 0.717) is 12.4 Å². The van der Waals surface area contributed by atoms with Crippen molar-refractivity contribution in [1.29, 1.82) is 10.5 Å². The number of nitriles is 2. The molecule has 0 saturated carbocycles. The van der Waals surface area contributed by atoms with Crippen LogP contribution in [0.2, 0.25) is 0 Å². The molecule has 8 heteroatoms. The predicted molar refractivity (Wildman–Crippen MR) is 92.5 cm³/mol. The zero-order valence-corrected chi connectivity index (χ0v) is 15.0. The number of sulfone groups is 1. The Morgan fingerprint density at radius 3 is 2.48 bits per heavy atom. The van der Waals surface area contributed by atoms with Crippen molar-refractivity contribution in [1.82, 2.24) is 4.90 Å². The van der Waals surface area contributed by atoms with E-state index in [4.69, 9.17) is 26.9 Å². The molecule has 25 heavy (non-hydrogen) atoms. The summed E-state index contributed by atoms with van der Waals surface area (Å²) in [6, 6.07) is 10.6. The lowest BCUT2D eigenvalue weighted by molar-refractivity contribution is 0.192. The van der Waals surface area contributed by atoms with Gasteiger partial charge in [-0.3, -0.25) is 0 Å². The molecule has 0 aliphatic carbocycles. The monoisotopic (exact) mass is 377 g/mol. The van der Waals surface area contributed by atoms with E-state index < -0.39 is 26.5 Å². The highest BCUT2D eigenvalue weighted by molar-refractivity contribution is 7.93. The van der Waals surface area contributed by atoms with Gasteiger partial charge in [-0.2, -0.15) is 10.5 Å². The molecule has 0 aromatic heterocycles. The molecule has 2 rings (SSSR count). The van der Waals surface area contributed by atoms with Gasteiger partial charge in [-0.25, -0.2) is 8.42 Å². The molecular formula is C17H16ClN3O3S. The van der Waals surface area contributed by atoms with Crippen LogP contribution in [-0.4, -0.2) is 30.7 Å². The van der Waals surface area contributed by atoms with Crippen LogP contribution in [0, 0.1) is 28.6 Å². The van der Waals surface area contributed by atoms with Gasteiger partial charge in [0.2, 0.25) is 6.04 Å². The van der Waals surface area contributed by atoms with E-state index in [2.05, 4.69) is 0 Å². The van der Waals surface area contributed by atoms with Crippen LogP contribution in [0.3, 0.4) is 0 Å². The highest BCUT2D eigenvalue weighted by atomic mass is 35.5. The van der Waals surface area contributed by atoms with Gasteiger partial charge in [-0.15, -0.1) is 11.6 Å². The fourth-order valence-electron chi connectivity index (χ4n) is 2.34. The first-order chi connectivity index (χ1) is 12.0. The van der Waals surface area contributed by atoms with Crippen LogP contribution < -0.4 is 0 Å². The van der Waals surface area contributed by atoms with Crippen molar-refractivity contribution >= 4 is 21.4 Å². The van der Waals surface area contributed by atoms with Gasteiger partial charge in [-0.1, -0.05) is 24.3 Å². The summed E-state index contributed by atoms with van der Waals surface area (Å²) in [5, 5.41) is 18.0. The van der Waals surface area contributed by atoms with Crippen molar-refractivity contribution in [3.05, 3.63) is 54.6 Å². The zero-order chi connectivity index (χ0) is 18.4. The standard InChI is InChI=1S/C17H16ClN3O3S/c1-2-24-16-12-21(13(10-19)11-20)9-8-15(16)17(18)25(22,23)14-6-4-3-5-7-14/h3-9,12-13,15,17H,2H2,1H3. The number of rotatable bonds is 6. The van der Waals surface area contributed by atoms with Crippen molar-refractivity contribution in [2.45, 2.75) is 22.6 Å². The van der Waals surface area contributed by atoms with Crippen molar-refractivity contribution in [2.75, 3.05) is 6.61 Å². The molecule has 1 aliphatic heterocycles. The van der Waals surface area contributed by atoms with E-state index in [1.165, 1.54) is 35.5 Å². The Morgan fingerprint density at radius 2 is 1.92 bits per heavy atom. The molecule has 0 amide bonds. The van der Waals surface area contributed by atoms with Crippen molar-refractivity contribution < 1.29 is 13.2 Å². The number of hydrogen-bond acceptors (Lipinski definition) is 6. The lowest BCUT2D eigenvalue weighted by atomic mass is 10.1. The van der Waals surface area contributed by atoms with Crippen molar-refractivity contribution in [3.8, 4) is 12.1 Å². The first-order valence-electron chi connectivity index (χ1n) is 7.48. The van der Waals surface area contributed by atoms with E-state index >= 15 is 0 Å². The normalized spacial score (nSPS) is 18.2. The molecule has 1 aliphatic rings. The molecule has 0 N–H and O–H groups in total. The second kappa shape index (κ2) is 8.06. The minimum absolute atomic E-state index is 0.119. The average molecular weight is 378 g/mol. The molecule has 0 spiro atoms. The van der Waals surface area contributed by atoms with E-state index in [1.54, 1.807) is 25.1 Å². The second-order valence-corrected chi connectivity index (χ2v) is 7.95. The van der Waals surface area contributed by atoms with Gasteiger partial charge in [0.25, 0.3) is 0 Å². The van der Waals surface area contributed by atoms with Gasteiger partial charge in [0.05, 0.1) is 17.4 Å². The van der Waals surface area contributed by atoms with Gasteiger partial charge >= 0.3 is 0 Å².